The summed E-state index contributed by atoms with van der Waals surface area (Å²) in [5.74, 6) is 2.52. The average molecular weight is 261 g/mol. The second kappa shape index (κ2) is 7.54. The number of nitrogens with one attached hydrogen (secondary N) is 1. The third-order valence-corrected chi connectivity index (χ3v) is 4.16. The number of para-hydroxylation sites is 1. The van der Waals surface area contributed by atoms with E-state index >= 15 is 0 Å². The van der Waals surface area contributed by atoms with Crippen LogP contribution in [0.25, 0.3) is 0 Å². The summed E-state index contributed by atoms with van der Waals surface area (Å²) in [7, 11) is 2.06. The first-order valence-electron chi connectivity index (χ1n) is 7.73. The van der Waals surface area contributed by atoms with Crippen LogP contribution < -0.4 is 10.1 Å². The minimum Gasteiger partial charge on any atom is -0.493 e. The molecule has 2 rings (SSSR count). The molecule has 0 radical (unpaired) electrons. The molecule has 106 valence electrons. The first-order valence-corrected chi connectivity index (χ1v) is 7.73. The highest BCUT2D eigenvalue weighted by Gasteiger charge is 2.27. The Morgan fingerprint density at radius 1 is 1.21 bits per heavy atom. The number of rotatable bonds is 6. The van der Waals surface area contributed by atoms with E-state index in [0.717, 1.165) is 31.2 Å². The predicted molar refractivity (Wildman–Crippen MR) is 80.9 cm³/mol. The molecule has 2 unspecified atom stereocenters. The van der Waals surface area contributed by atoms with Crippen molar-refractivity contribution in [1.29, 1.82) is 0 Å². The van der Waals surface area contributed by atoms with Crippen molar-refractivity contribution < 1.29 is 4.74 Å². The molecule has 1 aliphatic rings. The lowest BCUT2D eigenvalue weighted by Gasteiger charge is -2.32. The van der Waals surface area contributed by atoms with Gasteiger partial charge in [0.2, 0.25) is 0 Å². The topological polar surface area (TPSA) is 21.3 Å². The van der Waals surface area contributed by atoms with Gasteiger partial charge in [-0.15, -0.1) is 0 Å². The monoisotopic (exact) mass is 261 g/mol. The van der Waals surface area contributed by atoms with Gasteiger partial charge in [0.1, 0.15) is 5.75 Å². The molecule has 2 nitrogen and oxygen atoms in total. The van der Waals surface area contributed by atoms with Crippen molar-refractivity contribution in [1.82, 2.24) is 5.32 Å². The van der Waals surface area contributed by atoms with Gasteiger partial charge in [-0.05, 0) is 56.3 Å². The molecule has 1 aliphatic carbocycles. The van der Waals surface area contributed by atoms with Crippen molar-refractivity contribution in [2.45, 2.75) is 44.9 Å². The highest BCUT2D eigenvalue weighted by Crippen LogP contribution is 2.41. The van der Waals surface area contributed by atoms with E-state index in [1.807, 2.05) is 0 Å². The Morgan fingerprint density at radius 3 is 2.79 bits per heavy atom. The lowest BCUT2D eigenvalue weighted by Crippen LogP contribution is -2.27. The lowest BCUT2D eigenvalue weighted by molar-refractivity contribution is 0.277. The minimum absolute atomic E-state index is 0.661. The summed E-state index contributed by atoms with van der Waals surface area (Å²) < 4.78 is 5.95. The van der Waals surface area contributed by atoms with Crippen molar-refractivity contribution in [2.24, 2.45) is 5.92 Å². The number of hydrogen-bond acceptors (Lipinski definition) is 2. The number of ether oxygens (including phenoxy) is 1. The second-order valence-electron chi connectivity index (χ2n) is 5.59. The van der Waals surface area contributed by atoms with Gasteiger partial charge < -0.3 is 10.1 Å². The summed E-state index contributed by atoms with van der Waals surface area (Å²) in [6, 6.07) is 8.64. The van der Waals surface area contributed by atoms with Crippen LogP contribution in [0.5, 0.6) is 5.75 Å². The van der Waals surface area contributed by atoms with Crippen molar-refractivity contribution in [3.8, 4) is 5.75 Å². The molecule has 0 bridgehead atoms. The summed E-state index contributed by atoms with van der Waals surface area (Å²) in [4.78, 5) is 0. The molecule has 0 aromatic heterocycles. The van der Waals surface area contributed by atoms with Crippen LogP contribution in [0, 0.1) is 5.92 Å². The minimum atomic E-state index is 0.661. The zero-order chi connectivity index (χ0) is 13.5. The molecule has 2 heteroatoms. The van der Waals surface area contributed by atoms with Gasteiger partial charge in [-0.3, -0.25) is 0 Å². The van der Waals surface area contributed by atoms with E-state index in [4.69, 9.17) is 4.74 Å². The molecule has 1 saturated carbocycles. The van der Waals surface area contributed by atoms with Crippen molar-refractivity contribution in [2.75, 3.05) is 20.2 Å². The molecule has 0 aliphatic heterocycles. The van der Waals surface area contributed by atoms with E-state index in [2.05, 4.69) is 43.6 Å². The first kappa shape index (κ1) is 14.4. The van der Waals surface area contributed by atoms with Crippen LogP contribution in [-0.2, 0) is 0 Å². The third kappa shape index (κ3) is 3.73. The van der Waals surface area contributed by atoms with Gasteiger partial charge in [-0.25, -0.2) is 0 Å². The molecule has 1 aromatic carbocycles. The summed E-state index contributed by atoms with van der Waals surface area (Å²) in [6.07, 6.45) is 6.44. The fourth-order valence-electron chi connectivity index (χ4n) is 3.25. The Morgan fingerprint density at radius 2 is 2.00 bits per heavy atom. The molecule has 1 N–H and O–H groups in total. The molecule has 19 heavy (non-hydrogen) atoms. The van der Waals surface area contributed by atoms with E-state index in [0.29, 0.717) is 5.92 Å². The Hall–Kier alpha value is -1.02. The molecular weight excluding hydrogens is 234 g/mol. The summed E-state index contributed by atoms with van der Waals surface area (Å²) >= 11 is 0. The van der Waals surface area contributed by atoms with E-state index in [-0.39, 0.29) is 0 Å². The lowest BCUT2D eigenvalue weighted by atomic mass is 9.75. The predicted octanol–water partition coefficient (Wildman–Crippen LogP) is 3.97. The summed E-state index contributed by atoms with van der Waals surface area (Å²) in [6.45, 7) is 4.10. The SMILES string of the molecule is CCCOc1ccccc1C1CCCCC1CNC. The van der Waals surface area contributed by atoms with Gasteiger partial charge >= 0.3 is 0 Å². The quantitative estimate of drug-likeness (QED) is 0.836. The van der Waals surface area contributed by atoms with E-state index in [9.17, 15) is 0 Å². The van der Waals surface area contributed by atoms with Crippen LogP contribution in [0.15, 0.2) is 24.3 Å². The smallest absolute Gasteiger partial charge is 0.122 e. The zero-order valence-electron chi connectivity index (χ0n) is 12.3. The highest BCUT2D eigenvalue weighted by atomic mass is 16.5. The molecule has 2 atom stereocenters. The fraction of sp³-hybridized carbons (Fsp3) is 0.647. The van der Waals surface area contributed by atoms with Gasteiger partial charge in [0.25, 0.3) is 0 Å². The second-order valence-corrected chi connectivity index (χ2v) is 5.59. The largest absolute Gasteiger partial charge is 0.493 e. The van der Waals surface area contributed by atoms with Crippen molar-refractivity contribution >= 4 is 0 Å². The Kier molecular flexibility index (Phi) is 5.71. The Balaban J connectivity index is 2.17. The highest BCUT2D eigenvalue weighted by molar-refractivity contribution is 5.37. The standard InChI is InChI=1S/C17H27NO/c1-3-12-19-17-11-7-6-10-16(17)15-9-5-4-8-14(15)13-18-2/h6-7,10-11,14-15,18H,3-5,8-9,12-13H2,1-2H3. The maximum absolute atomic E-state index is 5.95. The van der Waals surface area contributed by atoms with Gasteiger partial charge in [0.15, 0.2) is 0 Å². The van der Waals surface area contributed by atoms with Crippen LogP contribution in [0.4, 0.5) is 0 Å². The summed E-state index contributed by atoms with van der Waals surface area (Å²) in [5, 5.41) is 3.36. The molecule has 1 fully saturated rings. The molecule has 0 amide bonds. The van der Waals surface area contributed by atoms with Gasteiger partial charge in [-0.1, -0.05) is 38.0 Å². The summed E-state index contributed by atoms with van der Waals surface area (Å²) in [5.41, 5.74) is 1.43. The first-order chi connectivity index (χ1) is 9.36. The zero-order valence-corrected chi connectivity index (χ0v) is 12.3. The molecule has 1 aromatic rings. The van der Waals surface area contributed by atoms with Gasteiger partial charge in [0, 0.05) is 0 Å². The number of benzene rings is 1. The average Bonchev–Trinajstić information content (AvgIpc) is 2.46. The van der Waals surface area contributed by atoms with E-state index in [1.165, 1.54) is 31.2 Å². The van der Waals surface area contributed by atoms with Crippen LogP contribution >= 0.6 is 0 Å². The fourth-order valence-corrected chi connectivity index (χ4v) is 3.25. The van der Waals surface area contributed by atoms with Gasteiger partial charge in [0.05, 0.1) is 6.61 Å². The van der Waals surface area contributed by atoms with Crippen LogP contribution in [0.1, 0.15) is 50.5 Å². The maximum atomic E-state index is 5.95. The van der Waals surface area contributed by atoms with E-state index < -0.39 is 0 Å². The number of hydrogen-bond donors (Lipinski definition) is 1. The maximum Gasteiger partial charge on any atom is 0.122 e. The molecular formula is C17H27NO. The molecule has 0 spiro atoms. The Bertz CT molecular complexity index is 375. The third-order valence-electron chi connectivity index (χ3n) is 4.16. The Labute approximate surface area is 117 Å². The normalized spacial score (nSPS) is 23.3. The van der Waals surface area contributed by atoms with Crippen LogP contribution in [-0.4, -0.2) is 20.2 Å². The van der Waals surface area contributed by atoms with E-state index in [1.54, 1.807) is 0 Å². The van der Waals surface area contributed by atoms with Crippen LogP contribution in [0.2, 0.25) is 0 Å². The van der Waals surface area contributed by atoms with Crippen molar-refractivity contribution in [3.63, 3.8) is 0 Å². The van der Waals surface area contributed by atoms with Gasteiger partial charge in [-0.2, -0.15) is 0 Å². The van der Waals surface area contributed by atoms with Crippen molar-refractivity contribution in [3.05, 3.63) is 29.8 Å². The molecule has 0 heterocycles. The van der Waals surface area contributed by atoms with Crippen LogP contribution in [0.3, 0.4) is 0 Å². The molecule has 0 saturated heterocycles.